The molecule has 4 heteroatoms. The fourth-order valence-electron chi connectivity index (χ4n) is 1.90. The average molecular weight is 243 g/mol. The van der Waals surface area contributed by atoms with Gasteiger partial charge in [-0.1, -0.05) is 0 Å². The second-order valence-electron chi connectivity index (χ2n) is 4.72. The number of hydrogen-bond acceptors (Lipinski definition) is 3. The van der Waals surface area contributed by atoms with Gasteiger partial charge in [-0.05, 0) is 45.0 Å². The number of hydrogen-bond donors (Lipinski definition) is 2. The first-order valence-electron chi connectivity index (χ1n) is 5.95. The molecule has 18 heavy (non-hydrogen) atoms. The Labute approximate surface area is 106 Å². The molecule has 0 aliphatic carbocycles. The molecule has 0 saturated heterocycles. The molecular formula is C14H17N3O. The Kier molecular flexibility index (Phi) is 3.19. The quantitative estimate of drug-likeness (QED) is 0.795. The number of benzene rings is 1. The molecule has 1 aromatic carbocycles. The van der Waals surface area contributed by atoms with Crippen molar-refractivity contribution in [2.24, 2.45) is 0 Å². The van der Waals surface area contributed by atoms with Crippen LogP contribution in [0.3, 0.4) is 0 Å². The van der Waals surface area contributed by atoms with E-state index in [0.29, 0.717) is 11.3 Å². The minimum Gasteiger partial charge on any atom is -0.399 e. The maximum atomic E-state index is 12.2. The summed E-state index contributed by atoms with van der Waals surface area (Å²) in [4.78, 5) is 16.6. The highest BCUT2D eigenvalue weighted by Gasteiger charge is 2.12. The number of nitrogen functional groups attached to an aromatic ring is 1. The fourth-order valence-corrected chi connectivity index (χ4v) is 1.90. The largest absolute Gasteiger partial charge is 0.399 e. The molecule has 4 nitrogen and oxygen atoms in total. The average Bonchev–Trinajstić information content (AvgIpc) is 2.27. The number of nitrogens with two attached hydrogens (primary N) is 1. The minimum atomic E-state index is -0.0916. The zero-order valence-electron chi connectivity index (χ0n) is 10.8. The molecule has 1 heterocycles. The van der Waals surface area contributed by atoms with Crippen LogP contribution in [0.25, 0.3) is 10.9 Å². The molecule has 2 aromatic rings. The number of rotatable bonds is 2. The number of nitrogens with one attached hydrogen (secondary N) is 1. The van der Waals surface area contributed by atoms with E-state index in [-0.39, 0.29) is 11.9 Å². The summed E-state index contributed by atoms with van der Waals surface area (Å²) in [5.41, 5.74) is 8.64. The summed E-state index contributed by atoms with van der Waals surface area (Å²) in [5.74, 6) is -0.0916. The predicted octanol–water partition coefficient (Wildman–Crippen LogP) is 2.26. The molecule has 1 amide bonds. The Morgan fingerprint density at radius 2 is 2.06 bits per heavy atom. The van der Waals surface area contributed by atoms with Crippen LogP contribution in [0.4, 0.5) is 5.69 Å². The van der Waals surface area contributed by atoms with Crippen LogP contribution < -0.4 is 11.1 Å². The third kappa shape index (κ3) is 2.42. The molecule has 2 rings (SSSR count). The van der Waals surface area contributed by atoms with E-state index < -0.39 is 0 Å². The molecule has 0 bridgehead atoms. The van der Waals surface area contributed by atoms with E-state index >= 15 is 0 Å². The summed E-state index contributed by atoms with van der Waals surface area (Å²) in [7, 11) is 0. The molecule has 0 saturated carbocycles. The van der Waals surface area contributed by atoms with Crippen molar-refractivity contribution in [1.82, 2.24) is 10.3 Å². The maximum absolute atomic E-state index is 12.2. The number of amides is 1. The minimum absolute atomic E-state index is 0.0916. The highest BCUT2D eigenvalue weighted by Crippen LogP contribution is 2.21. The van der Waals surface area contributed by atoms with E-state index in [9.17, 15) is 4.79 Å². The molecule has 0 fully saturated rings. The first-order chi connectivity index (χ1) is 8.47. The van der Waals surface area contributed by atoms with Gasteiger partial charge in [-0.3, -0.25) is 9.78 Å². The van der Waals surface area contributed by atoms with Gasteiger partial charge in [0.15, 0.2) is 0 Å². The van der Waals surface area contributed by atoms with E-state index in [2.05, 4.69) is 10.3 Å². The second-order valence-corrected chi connectivity index (χ2v) is 4.72. The number of fused-ring (bicyclic) bond motifs is 1. The standard InChI is InChI=1S/C14H17N3O/c1-8(2)16-14(18)12-6-9(3)17-13-5-4-10(15)7-11(12)13/h4-8H,15H2,1-3H3,(H,16,18). The maximum Gasteiger partial charge on any atom is 0.252 e. The Bertz CT molecular complexity index is 605. The fraction of sp³-hybridized carbons (Fsp3) is 0.286. The lowest BCUT2D eigenvalue weighted by Crippen LogP contribution is -2.30. The van der Waals surface area contributed by atoms with Gasteiger partial charge in [-0.2, -0.15) is 0 Å². The van der Waals surface area contributed by atoms with E-state index in [1.165, 1.54) is 0 Å². The lowest BCUT2D eigenvalue weighted by molar-refractivity contribution is 0.0944. The van der Waals surface area contributed by atoms with E-state index in [1.807, 2.05) is 26.8 Å². The third-order valence-electron chi connectivity index (χ3n) is 2.63. The Morgan fingerprint density at radius 3 is 2.72 bits per heavy atom. The highest BCUT2D eigenvalue weighted by atomic mass is 16.1. The lowest BCUT2D eigenvalue weighted by Gasteiger charge is -2.11. The zero-order valence-corrected chi connectivity index (χ0v) is 10.8. The number of aromatic nitrogens is 1. The molecular weight excluding hydrogens is 226 g/mol. The summed E-state index contributed by atoms with van der Waals surface area (Å²) in [6.07, 6.45) is 0. The van der Waals surface area contributed by atoms with Crippen LogP contribution in [0, 0.1) is 6.92 Å². The molecule has 94 valence electrons. The van der Waals surface area contributed by atoms with Crippen molar-refractivity contribution in [1.29, 1.82) is 0 Å². The van der Waals surface area contributed by atoms with E-state index in [1.54, 1.807) is 18.2 Å². The first kappa shape index (κ1) is 12.4. The van der Waals surface area contributed by atoms with Crippen molar-refractivity contribution < 1.29 is 4.79 Å². The highest BCUT2D eigenvalue weighted by molar-refractivity contribution is 6.07. The van der Waals surface area contributed by atoms with Gasteiger partial charge in [-0.15, -0.1) is 0 Å². The van der Waals surface area contributed by atoms with Gasteiger partial charge in [0, 0.05) is 22.8 Å². The SMILES string of the molecule is Cc1cc(C(=O)NC(C)C)c2cc(N)ccc2n1. The number of aryl methyl sites for hydroxylation is 1. The van der Waals surface area contributed by atoms with E-state index in [0.717, 1.165) is 16.6 Å². The van der Waals surface area contributed by atoms with Crippen molar-refractivity contribution in [2.45, 2.75) is 26.8 Å². The smallest absolute Gasteiger partial charge is 0.252 e. The van der Waals surface area contributed by atoms with Crippen molar-refractivity contribution in [3.63, 3.8) is 0 Å². The second kappa shape index (κ2) is 4.64. The van der Waals surface area contributed by atoms with Crippen LogP contribution in [0.1, 0.15) is 29.9 Å². The van der Waals surface area contributed by atoms with Gasteiger partial charge in [0.2, 0.25) is 0 Å². The number of carbonyl (C=O) groups is 1. The normalized spacial score (nSPS) is 10.9. The molecule has 0 atom stereocenters. The third-order valence-corrected chi connectivity index (χ3v) is 2.63. The first-order valence-corrected chi connectivity index (χ1v) is 5.95. The van der Waals surface area contributed by atoms with Gasteiger partial charge < -0.3 is 11.1 Å². The Hall–Kier alpha value is -2.10. The summed E-state index contributed by atoms with van der Waals surface area (Å²) >= 11 is 0. The predicted molar refractivity (Wildman–Crippen MR) is 73.5 cm³/mol. The molecule has 0 aliphatic heterocycles. The number of nitrogens with zero attached hydrogens (tertiary/aromatic N) is 1. The van der Waals surface area contributed by atoms with E-state index in [4.69, 9.17) is 5.73 Å². The molecule has 0 radical (unpaired) electrons. The topological polar surface area (TPSA) is 68.0 Å². The Balaban J connectivity index is 2.61. The van der Waals surface area contributed by atoms with Crippen molar-refractivity contribution in [3.8, 4) is 0 Å². The molecule has 1 aromatic heterocycles. The number of anilines is 1. The molecule has 0 aliphatic rings. The Morgan fingerprint density at radius 1 is 1.33 bits per heavy atom. The van der Waals surface area contributed by atoms with Gasteiger partial charge in [0.1, 0.15) is 0 Å². The van der Waals surface area contributed by atoms with Gasteiger partial charge in [-0.25, -0.2) is 0 Å². The van der Waals surface area contributed by atoms with Crippen molar-refractivity contribution in [2.75, 3.05) is 5.73 Å². The van der Waals surface area contributed by atoms with Crippen LogP contribution >= 0.6 is 0 Å². The van der Waals surface area contributed by atoms with Crippen LogP contribution in [0.15, 0.2) is 24.3 Å². The van der Waals surface area contributed by atoms with Gasteiger partial charge >= 0.3 is 0 Å². The van der Waals surface area contributed by atoms with Crippen LogP contribution in [0.2, 0.25) is 0 Å². The lowest BCUT2D eigenvalue weighted by atomic mass is 10.1. The molecule has 0 unspecified atom stereocenters. The van der Waals surface area contributed by atoms with Crippen molar-refractivity contribution in [3.05, 3.63) is 35.5 Å². The molecule has 3 N–H and O–H groups in total. The summed E-state index contributed by atoms with van der Waals surface area (Å²) in [6, 6.07) is 7.31. The zero-order chi connectivity index (χ0) is 13.3. The van der Waals surface area contributed by atoms with Crippen LogP contribution in [-0.2, 0) is 0 Å². The van der Waals surface area contributed by atoms with Gasteiger partial charge in [0.05, 0.1) is 11.1 Å². The molecule has 0 spiro atoms. The summed E-state index contributed by atoms with van der Waals surface area (Å²) < 4.78 is 0. The summed E-state index contributed by atoms with van der Waals surface area (Å²) in [6.45, 7) is 5.74. The van der Waals surface area contributed by atoms with Crippen molar-refractivity contribution >= 4 is 22.5 Å². The number of carbonyl (C=O) groups excluding carboxylic acids is 1. The summed E-state index contributed by atoms with van der Waals surface area (Å²) in [5, 5.41) is 3.68. The number of pyridine rings is 1. The monoisotopic (exact) mass is 243 g/mol. The van der Waals surface area contributed by atoms with Crippen LogP contribution in [0.5, 0.6) is 0 Å². The van der Waals surface area contributed by atoms with Gasteiger partial charge in [0.25, 0.3) is 5.91 Å². The van der Waals surface area contributed by atoms with Crippen LogP contribution in [-0.4, -0.2) is 16.9 Å².